The highest BCUT2D eigenvalue weighted by Gasteiger charge is 2.22. The number of amides is 3. The van der Waals surface area contributed by atoms with Gasteiger partial charge in [-0.3, -0.25) is 10.1 Å². The van der Waals surface area contributed by atoms with E-state index < -0.39 is 11.9 Å². The number of benzene rings is 1. The summed E-state index contributed by atoms with van der Waals surface area (Å²) in [5.41, 5.74) is 1.07. The van der Waals surface area contributed by atoms with E-state index in [1.54, 1.807) is 13.2 Å². The number of rotatable bonds is 2. The van der Waals surface area contributed by atoms with E-state index in [-0.39, 0.29) is 5.70 Å². The maximum Gasteiger partial charge on any atom is 0.326 e. The Labute approximate surface area is 111 Å². The Bertz CT molecular complexity index is 525. The van der Waals surface area contributed by atoms with Crippen LogP contribution in [0, 0.1) is 3.57 Å². The predicted molar refractivity (Wildman–Crippen MR) is 70.4 cm³/mol. The zero-order valence-electron chi connectivity index (χ0n) is 8.91. The van der Waals surface area contributed by atoms with Crippen LogP contribution >= 0.6 is 22.6 Å². The van der Waals surface area contributed by atoms with Crippen molar-refractivity contribution in [3.05, 3.63) is 33.0 Å². The first kappa shape index (κ1) is 11.9. The summed E-state index contributed by atoms with van der Waals surface area (Å²) in [5.74, 6) is 0.355. The number of carbonyl (C=O) groups is 2. The van der Waals surface area contributed by atoms with Gasteiger partial charge in [-0.2, -0.15) is 0 Å². The highest BCUT2D eigenvalue weighted by Crippen LogP contribution is 2.22. The standard InChI is InChI=1S/C11H9IN2O3/c1-17-9-3-2-6(4-7(9)12)5-8-10(15)14-11(16)13-8/h2-5H,1H3,(H2,13,14,15,16)/b8-5-. The largest absolute Gasteiger partial charge is 0.496 e. The van der Waals surface area contributed by atoms with Crippen molar-refractivity contribution in [3.8, 4) is 5.75 Å². The lowest BCUT2D eigenvalue weighted by atomic mass is 10.2. The first-order chi connectivity index (χ1) is 8.10. The Morgan fingerprint density at radius 1 is 1.29 bits per heavy atom. The van der Waals surface area contributed by atoms with Crippen molar-refractivity contribution < 1.29 is 14.3 Å². The number of nitrogens with one attached hydrogen (secondary N) is 2. The van der Waals surface area contributed by atoms with E-state index in [1.807, 2.05) is 18.2 Å². The molecule has 0 radical (unpaired) electrons. The molecule has 0 bridgehead atoms. The third kappa shape index (κ3) is 2.57. The number of halogens is 1. The van der Waals surface area contributed by atoms with Gasteiger partial charge in [-0.15, -0.1) is 0 Å². The molecule has 1 fully saturated rings. The molecular weight excluding hydrogens is 335 g/mol. The summed E-state index contributed by atoms with van der Waals surface area (Å²) in [7, 11) is 1.60. The van der Waals surface area contributed by atoms with Gasteiger partial charge in [0.1, 0.15) is 11.4 Å². The molecule has 0 aliphatic carbocycles. The van der Waals surface area contributed by atoms with Gasteiger partial charge in [0, 0.05) is 0 Å². The summed E-state index contributed by atoms with van der Waals surface area (Å²) in [6, 6.07) is 4.99. The molecule has 1 aliphatic rings. The van der Waals surface area contributed by atoms with Gasteiger partial charge in [-0.05, 0) is 46.4 Å². The second-order valence-corrected chi connectivity index (χ2v) is 4.52. The minimum absolute atomic E-state index is 0.246. The van der Waals surface area contributed by atoms with Crippen LogP contribution in [0.5, 0.6) is 5.75 Å². The molecule has 1 heterocycles. The molecule has 0 spiro atoms. The van der Waals surface area contributed by atoms with Crippen LogP contribution in [0.4, 0.5) is 4.79 Å². The number of urea groups is 1. The van der Waals surface area contributed by atoms with Crippen molar-refractivity contribution >= 4 is 40.6 Å². The number of hydrogen-bond donors (Lipinski definition) is 2. The predicted octanol–water partition coefficient (Wildman–Crippen LogP) is 1.48. The fourth-order valence-electron chi connectivity index (χ4n) is 1.42. The van der Waals surface area contributed by atoms with Gasteiger partial charge in [0.25, 0.3) is 5.91 Å². The van der Waals surface area contributed by atoms with Crippen LogP contribution in [-0.2, 0) is 4.79 Å². The second kappa shape index (κ2) is 4.74. The molecule has 88 valence electrons. The van der Waals surface area contributed by atoms with E-state index >= 15 is 0 Å². The summed E-state index contributed by atoms with van der Waals surface area (Å²) in [6.07, 6.45) is 1.61. The van der Waals surface area contributed by atoms with Crippen LogP contribution in [0.2, 0.25) is 0 Å². The second-order valence-electron chi connectivity index (χ2n) is 3.36. The maximum atomic E-state index is 11.3. The van der Waals surface area contributed by atoms with Crippen molar-refractivity contribution in [3.63, 3.8) is 0 Å². The third-order valence-electron chi connectivity index (χ3n) is 2.21. The quantitative estimate of drug-likeness (QED) is 0.485. The molecule has 1 saturated heterocycles. The Hall–Kier alpha value is -1.57. The van der Waals surface area contributed by atoms with Crippen molar-refractivity contribution in [2.24, 2.45) is 0 Å². The minimum Gasteiger partial charge on any atom is -0.496 e. The van der Waals surface area contributed by atoms with Crippen molar-refractivity contribution in [2.75, 3.05) is 7.11 Å². The molecule has 1 aromatic rings. The molecule has 1 aliphatic heterocycles. The number of imide groups is 1. The van der Waals surface area contributed by atoms with Gasteiger partial charge in [-0.1, -0.05) is 6.07 Å². The lowest BCUT2D eigenvalue weighted by Crippen LogP contribution is -2.22. The molecule has 3 amide bonds. The topological polar surface area (TPSA) is 67.4 Å². The monoisotopic (exact) mass is 344 g/mol. The van der Waals surface area contributed by atoms with E-state index in [4.69, 9.17) is 4.74 Å². The van der Waals surface area contributed by atoms with Crippen LogP contribution in [0.25, 0.3) is 6.08 Å². The smallest absolute Gasteiger partial charge is 0.326 e. The Morgan fingerprint density at radius 3 is 2.59 bits per heavy atom. The fourth-order valence-corrected chi connectivity index (χ4v) is 2.18. The third-order valence-corrected chi connectivity index (χ3v) is 3.05. The van der Waals surface area contributed by atoms with Gasteiger partial charge < -0.3 is 10.1 Å². The number of ether oxygens (including phenoxy) is 1. The average Bonchev–Trinajstić information content (AvgIpc) is 2.58. The van der Waals surface area contributed by atoms with Gasteiger partial charge in [0.15, 0.2) is 0 Å². The lowest BCUT2D eigenvalue weighted by Gasteiger charge is -2.03. The van der Waals surface area contributed by atoms with E-state index in [9.17, 15) is 9.59 Å². The van der Waals surface area contributed by atoms with Crippen LogP contribution < -0.4 is 15.4 Å². The van der Waals surface area contributed by atoms with Crippen LogP contribution in [0.15, 0.2) is 23.9 Å². The molecule has 0 atom stereocenters. The average molecular weight is 344 g/mol. The van der Waals surface area contributed by atoms with E-state index in [0.29, 0.717) is 0 Å². The molecule has 17 heavy (non-hydrogen) atoms. The summed E-state index contributed by atoms with van der Waals surface area (Å²) >= 11 is 2.14. The molecule has 1 aromatic carbocycles. The summed E-state index contributed by atoms with van der Waals surface area (Å²) < 4.78 is 6.07. The molecule has 0 saturated carbocycles. The van der Waals surface area contributed by atoms with Crippen molar-refractivity contribution in [1.82, 2.24) is 10.6 Å². The van der Waals surface area contributed by atoms with Crippen LogP contribution in [0.3, 0.4) is 0 Å². The van der Waals surface area contributed by atoms with Gasteiger partial charge in [0.05, 0.1) is 10.7 Å². The maximum absolute atomic E-state index is 11.3. The zero-order valence-corrected chi connectivity index (χ0v) is 11.1. The molecule has 2 rings (SSSR count). The minimum atomic E-state index is -0.496. The van der Waals surface area contributed by atoms with Crippen LogP contribution in [-0.4, -0.2) is 19.0 Å². The molecule has 0 aromatic heterocycles. The molecule has 2 N–H and O–H groups in total. The molecular formula is C11H9IN2O3. The van der Waals surface area contributed by atoms with Gasteiger partial charge in [0.2, 0.25) is 0 Å². The summed E-state index contributed by atoms with van der Waals surface area (Å²) in [5, 5.41) is 4.57. The highest BCUT2D eigenvalue weighted by molar-refractivity contribution is 14.1. The zero-order chi connectivity index (χ0) is 12.4. The Morgan fingerprint density at radius 2 is 2.06 bits per heavy atom. The van der Waals surface area contributed by atoms with Gasteiger partial charge in [-0.25, -0.2) is 4.79 Å². The lowest BCUT2D eigenvalue weighted by molar-refractivity contribution is -0.115. The highest BCUT2D eigenvalue weighted by atomic mass is 127. The Kier molecular flexibility index (Phi) is 3.32. The van der Waals surface area contributed by atoms with Gasteiger partial charge >= 0.3 is 6.03 Å². The summed E-state index contributed by atoms with van der Waals surface area (Å²) in [4.78, 5) is 22.2. The summed E-state index contributed by atoms with van der Waals surface area (Å²) in [6.45, 7) is 0. The first-order valence-electron chi connectivity index (χ1n) is 4.77. The number of methoxy groups -OCH3 is 1. The fraction of sp³-hybridized carbons (Fsp3) is 0.0909. The molecule has 0 unspecified atom stereocenters. The van der Waals surface area contributed by atoms with E-state index in [1.165, 1.54) is 0 Å². The van der Waals surface area contributed by atoms with E-state index in [2.05, 4.69) is 33.2 Å². The van der Waals surface area contributed by atoms with E-state index in [0.717, 1.165) is 14.9 Å². The Balaban J connectivity index is 2.30. The van der Waals surface area contributed by atoms with Crippen LogP contribution in [0.1, 0.15) is 5.56 Å². The molecule has 6 heteroatoms. The van der Waals surface area contributed by atoms with Crippen molar-refractivity contribution in [2.45, 2.75) is 0 Å². The normalized spacial score (nSPS) is 16.9. The molecule has 5 nitrogen and oxygen atoms in total. The number of carbonyl (C=O) groups excluding carboxylic acids is 2. The number of hydrogen-bond acceptors (Lipinski definition) is 3. The van der Waals surface area contributed by atoms with Crippen molar-refractivity contribution in [1.29, 1.82) is 0 Å². The first-order valence-corrected chi connectivity index (χ1v) is 5.85. The SMILES string of the molecule is COc1ccc(/C=C2\NC(=O)NC2=O)cc1I.